The van der Waals surface area contributed by atoms with Crippen LogP contribution in [0.2, 0.25) is 0 Å². The molecule has 0 spiro atoms. The van der Waals surface area contributed by atoms with Crippen LogP contribution in [0.1, 0.15) is 56.1 Å². The SMILES string of the molecule is C[C@H]1C[C@@H](c2ccncc2Nc2ncc3ccc(-c4c(F)cc(COC5CCOCC5)cc4F)nn23)C[C@@H](N)[C@H]1OCCC#N. The predicted molar refractivity (Wildman–Crippen MR) is 164 cm³/mol. The van der Waals surface area contributed by atoms with Crippen LogP contribution in [0.15, 0.2) is 48.9 Å². The Bertz CT molecular complexity index is 1630. The Morgan fingerprint density at radius 1 is 1.11 bits per heavy atom. The molecule has 12 heteroatoms. The number of imidazole rings is 1. The van der Waals surface area contributed by atoms with Crippen LogP contribution >= 0.6 is 0 Å². The number of aromatic nitrogens is 4. The van der Waals surface area contributed by atoms with Crippen molar-refractivity contribution in [2.24, 2.45) is 11.7 Å². The van der Waals surface area contributed by atoms with Crippen LogP contribution in [0.3, 0.4) is 0 Å². The standard InChI is InChI=1S/C33H37F2N7O3/c1-20-13-22(16-28(37)32(20)44-10-2-8-36)25-5-9-38-18-30(25)40-33-39-17-23-3-4-29(41-42(23)33)31-26(34)14-21(15-27(31)35)19-45-24-6-11-43-12-7-24/h3-5,9,14-15,17-18,20,22,24,28,32H,2,6-7,10-13,16,19,37H2,1H3,(H,39,40)/t20-,22+,28+,32-/m0/s1. The molecule has 10 nitrogen and oxygen atoms in total. The van der Waals surface area contributed by atoms with Crippen molar-refractivity contribution in [3.63, 3.8) is 0 Å². The zero-order valence-corrected chi connectivity index (χ0v) is 25.2. The number of anilines is 2. The number of pyridine rings is 1. The number of fused-ring (bicyclic) bond motifs is 1. The zero-order chi connectivity index (χ0) is 31.3. The predicted octanol–water partition coefficient (Wildman–Crippen LogP) is 5.65. The molecule has 1 saturated heterocycles. The van der Waals surface area contributed by atoms with E-state index >= 15 is 8.78 Å². The van der Waals surface area contributed by atoms with Gasteiger partial charge in [-0.05, 0) is 79.0 Å². The first kappa shape index (κ1) is 31.0. The van der Waals surface area contributed by atoms with E-state index in [-0.39, 0.29) is 47.9 Å². The summed E-state index contributed by atoms with van der Waals surface area (Å²) in [6.45, 7) is 3.87. The molecular formula is C33H37F2N7O3. The Hall–Kier alpha value is -4.02. The van der Waals surface area contributed by atoms with E-state index in [1.807, 2.05) is 6.07 Å². The lowest BCUT2D eigenvalue weighted by molar-refractivity contribution is -0.0391. The smallest absolute Gasteiger partial charge is 0.229 e. The maximum atomic E-state index is 15.3. The number of hydrogen-bond donors (Lipinski definition) is 2. The molecule has 0 unspecified atom stereocenters. The van der Waals surface area contributed by atoms with Crippen molar-refractivity contribution in [1.82, 2.24) is 19.6 Å². The second kappa shape index (κ2) is 14.0. The van der Waals surface area contributed by atoms with E-state index in [0.717, 1.165) is 30.5 Å². The summed E-state index contributed by atoms with van der Waals surface area (Å²) in [7, 11) is 0. The monoisotopic (exact) mass is 617 g/mol. The van der Waals surface area contributed by atoms with Gasteiger partial charge in [0.2, 0.25) is 5.95 Å². The summed E-state index contributed by atoms with van der Waals surface area (Å²) in [6, 6.07) is 9.80. The molecule has 3 N–H and O–H groups in total. The highest BCUT2D eigenvalue weighted by Crippen LogP contribution is 2.40. The highest BCUT2D eigenvalue weighted by atomic mass is 19.1. The van der Waals surface area contributed by atoms with Crippen LogP contribution in [0.5, 0.6) is 0 Å². The topological polar surface area (TPSA) is 133 Å². The number of benzene rings is 1. The highest BCUT2D eigenvalue weighted by Gasteiger charge is 2.36. The Balaban J connectivity index is 1.21. The Kier molecular flexibility index (Phi) is 9.61. The molecule has 0 bridgehead atoms. The fourth-order valence-corrected chi connectivity index (χ4v) is 6.44. The van der Waals surface area contributed by atoms with Crippen molar-refractivity contribution in [3.05, 3.63) is 71.7 Å². The maximum Gasteiger partial charge on any atom is 0.229 e. The molecule has 4 aromatic rings. The van der Waals surface area contributed by atoms with Gasteiger partial charge in [-0.2, -0.15) is 14.9 Å². The largest absolute Gasteiger partial charge is 0.381 e. The highest BCUT2D eigenvalue weighted by molar-refractivity contribution is 5.66. The lowest BCUT2D eigenvalue weighted by Gasteiger charge is -2.39. The third-order valence-corrected chi connectivity index (χ3v) is 8.66. The number of nitrogens with one attached hydrogen (secondary N) is 1. The fraction of sp³-hybridized carbons (Fsp3) is 0.455. The summed E-state index contributed by atoms with van der Waals surface area (Å²) in [6.07, 6.45) is 8.45. The van der Waals surface area contributed by atoms with E-state index in [0.29, 0.717) is 49.7 Å². The summed E-state index contributed by atoms with van der Waals surface area (Å²) < 4.78 is 49.3. The molecule has 1 aliphatic carbocycles. The number of nitrogens with two attached hydrogens (primary N) is 1. The van der Waals surface area contributed by atoms with Gasteiger partial charge in [-0.1, -0.05) is 6.92 Å². The van der Waals surface area contributed by atoms with Gasteiger partial charge in [0.25, 0.3) is 0 Å². The molecule has 0 amide bonds. The van der Waals surface area contributed by atoms with Gasteiger partial charge in [-0.15, -0.1) is 0 Å². The minimum Gasteiger partial charge on any atom is -0.381 e. The Morgan fingerprint density at radius 2 is 1.91 bits per heavy atom. The van der Waals surface area contributed by atoms with Gasteiger partial charge in [-0.3, -0.25) is 4.98 Å². The summed E-state index contributed by atoms with van der Waals surface area (Å²) in [4.78, 5) is 8.82. The van der Waals surface area contributed by atoms with Gasteiger partial charge in [0, 0.05) is 25.5 Å². The van der Waals surface area contributed by atoms with Crippen molar-refractivity contribution >= 4 is 17.2 Å². The molecule has 2 fully saturated rings. The third-order valence-electron chi connectivity index (χ3n) is 8.66. The van der Waals surface area contributed by atoms with Crippen molar-refractivity contribution in [2.45, 2.75) is 69.8 Å². The number of ether oxygens (including phenoxy) is 3. The molecule has 45 heavy (non-hydrogen) atoms. The van der Waals surface area contributed by atoms with Crippen LogP contribution in [0.25, 0.3) is 16.8 Å². The van der Waals surface area contributed by atoms with Crippen LogP contribution in [0, 0.1) is 28.9 Å². The number of nitriles is 1. The van der Waals surface area contributed by atoms with Crippen molar-refractivity contribution in [1.29, 1.82) is 5.26 Å². The molecule has 1 aromatic carbocycles. The van der Waals surface area contributed by atoms with Gasteiger partial charge in [0.15, 0.2) is 0 Å². The number of nitrogens with zero attached hydrogens (tertiary/aromatic N) is 5. The third kappa shape index (κ3) is 6.97. The van der Waals surface area contributed by atoms with E-state index in [2.05, 4.69) is 33.4 Å². The fourth-order valence-electron chi connectivity index (χ4n) is 6.44. The van der Waals surface area contributed by atoms with Crippen LogP contribution in [-0.2, 0) is 20.8 Å². The molecule has 1 aliphatic heterocycles. The summed E-state index contributed by atoms with van der Waals surface area (Å²) >= 11 is 0. The van der Waals surface area contributed by atoms with E-state index in [4.69, 9.17) is 25.2 Å². The van der Waals surface area contributed by atoms with Crippen molar-refractivity contribution < 1.29 is 23.0 Å². The minimum absolute atomic E-state index is 0.0189. The van der Waals surface area contributed by atoms with Gasteiger partial charge < -0.3 is 25.3 Å². The molecule has 6 rings (SSSR count). The first-order valence-electron chi connectivity index (χ1n) is 15.4. The van der Waals surface area contributed by atoms with Crippen LogP contribution < -0.4 is 11.1 Å². The Morgan fingerprint density at radius 3 is 2.67 bits per heavy atom. The molecular weight excluding hydrogens is 580 g/mol. The van der Waals surface area contributed by atoms with Gasteiger partial charge >= 0.3 is 0 Å². The molecule has 0 radical (unpaired) electrons. The van der Waals surface area contributed by atoms with Gasteiger partial charge in [0.05, 0.1) is 72.8 Å². The minimum atomic E-state index is -0.714. The van der Waals surface area contributed by atoms with Gasteiger partial charge in [0.1, 0.15) is 11.6 Å². The lowest BCUT2D eigenvalue weighted by atomic mass is 9.74. The second-order valence-corrected chi connectivity index (χ2v) is 11.8. The lowest BCUT2D eigenvalue weighted by Crippen LogP contribution is -2.46. The molecule has 4 heterocycles. The van der Waals surface area contributed by atoms with Crippen LogP contribution in [0.4, 0.5) is 20.4 Å². The summed E-state index contributed by atoms with van der Waals surface area (Å²) in [5, 5.41) is 16.8. The van der Waals surface area contributed by atoms with Crippen LogP contribution in [-0.4, -0.2) is 57.7 Å². The first-order chi connectivity index (χ1) is 21.9. The number of hydrogen-bond acceptors (Lipinski definition) is 9. The number of halogens is 2. The summed E-state index contributed by atoms with van der Waals surface area (Å²) in [5.74, 6) is -0.708. The normalized spacial score (nSPS) is 22.4. The average Bonchev–Trinajstić information content (AvgIpc) is 3.43. The first-order valence-corrected chi connectivity index (χ1v) is 15.4. The van der Waals surface area contributed by atoms with Crippen molar-refractivity contribution in [2.75, 3.05) is 25.1 Å². The second-order valence-electron chi connectivity index (χ2n) is 11.8. The average molecular weight is 618 g/mol. The summed E-state index contributed by atoms with van der Waals surface area (Å²) in [5.41, 5.74) is 9.33. The van der Waals surface area contributed by atoms with E-state index < -0.39 is 11.6 Å². The number of rotatable bonds is 10. The molecule has 236 valence electrons. The van der Waals surface area contributed by atoms with E-state index in [9.17, 15) is 0 Å². The quantitative estimate of drug-likeness (QED) is 0.217. The Labute approximate surface area is 260 Å². The molecule has 2 aliphatic rings. The van der Waals surface area contributed by atoms with Gasteiger partial charge in [-0.25, -0.2) is 13.8 Å². The molecule has 3 aromatic heterocycles. The van der Waals surface area contributed by atoms with E-state index in [1.54, 1.807) is 30.7 Å². The zero-order valence-electron chi connectivity index (χ0n) is 25.2. The van der Waals surface area contributed by atoms with E-state index in [1.165, 1.54) is 16.6 Å². The molecule has 1 saturated carbocycles. The van der Waals surface area contributed by atoms with Crippen molar-refractivity contribution in [3.8, 4) is 17.3 Å². The maximum absolute atomic E-state index is 15.3. The molecule has 4 atom stereocenters.